The fourth-order valence-corrected chi connectivity index (χ4v) is 2.19. The molecule has 1 aliphatic rings. The number of nitrogens with one attached hydrogen (secondary N) is 1. The fraction of sp³-hybridized carbons (Fsp3) is 0.529. The highest BCUT2D eigenvalue weighted by atomic mass is 16.5. The number of hydrogen-bond donors (Lipinski definition) is 2. The van der Waals surface area contributed by atoms with Crippen LogP contribution in [0.4, 0.5) is 0 Å². The minimum Gasteiger partial charge on any atom is -0.493 e. The third-order valence-corrected chi connectivity index (χ3v) is 3.55. The summed E-state index contributed by atoms with van der Waals surface area (Å²) in [5.74, 6) is 0.122. The number of hydrogen-bond acceptors (Lipinski definition) is 3. The minimum atomic E-state index is -0.951. The molecule has 2 N–H and O–H groups in total. The van der Waals surface area contributed by atoms with Gasteiger partial charge in [-0.25, -0.2) is 4.79 Å². The number of carboxylic acids is 1. The van der Waals surface area contributed by atoms with E-state index in [0.29, 0.717) is 12.5 Å². The van der Waals surface area contributed by atoms with Crippen molar-refractivity contribution in [3.05, 3.63) is 29.8 Å². The molecule has 0 aromatic heterocycles. The van der Waals surface area contributed by atoms with E-state index in [2.05, 4.69) is 19.2 Å². The fourth-order valence-electron chi connectivity index (χ4n) is 2.19. The lowest BCUT2D eigenvalue weighted by Gasteiger charge is -2.13. The second-order valence-electron chi connectivity index (χ2n) is 6.25. The molecule has 1 unspecified atom stereocenters. The van der Waals surface area contributed by atoms with Crippen LogP contribution in [0.1, 0.15) is 32.3 Å². The van der Waals surface area contributed by atoms with E-state index in [1.54, 1.807) is 0 Å². The van der Waals surface area contributed by atoms with Crippen molar-refractivity contribution < 1.29 is 19.4 Å². The molecule has 5 heteroatoms. The lowest BCUT2D eigenvalue weighted by molar-refractivity contribution is -0.142. The van der Waals surface area contributed by atoms with Crippen LogP contribution in [0.3, 0.4) is 0 Å². The number of benzene rings is 1. The second kappa shape index (κ2) is 7.29. The molecule has 0 spiro atoms. The van der Waals surface area contributed by atoms with Crippen LogP contribution in [0.25, 0.3) is 0 Å². The first kappa shape index (κ1) is 16.3. The van der Waals surface area contributed by atoms with E-state index in [9.17, 15) is 9.59 Å². The van der Waals surface area contributed by atoms with Gasteiger partial charge in [-0.2, -0.15) is 0 Å². The van der Waals surface area contributed by atoms with E-state index in [-0.39, 0.29) is 18.2 Å². The zero-order valence-corrected chi connectivity index (χ0v) is 13.0. The molecule has 1 fully saturated rings. The number of rotatable bonds is 8. The SMILES string of the molecule is CC(C)COc1ccc(CC(=O)NC(C(=O)O)C2CC2)cc1. The highest BCUT2D eigenvalue weighted by Gasteiger charge is 2.37. The summed E-state index contributed by atoms with van der Waals surface area (Å²) in [7, 11) is 0. The molecule has 0 heterocycles. The molecule has 0 bridgehead atoms. The van der Waals surface area contributed by atoms with Gasteiger partial charge in [0.2, 0.25) is 5.91 Å². The largest absolute Gasteiger partial charge is 0.493 e. The normalized spacial score (nSPS) is 15.4. The predicted molar refractivity (Wildman–Crippen MR) is 82.8 cm³/mol. The molecule has 0 saturated heterocycles. The summed E-state index contributed by atoms with van der Waals surface area (Å²) in [4.78, 5) is 23.1. The third-order valence-electron chi connectivity index (χ3n) is 3.55. The maximum absolute atomic E-state index is 12.0. The molecule has 0 aliphatic heterocycles. The quantitative estimate of drug-likeness (QED) is 0.772. The molecule has 1 atom stereocenters. The number of carbonyl (C=O) groups is 2. The molecule has 1 saturated carbocycles. The molecule has 2 rings (SSSR count). The second-order valence-corrected chi connectivity index (χ2v) is 6.25. The van der Waals surface area contributed by atoms with E-state index in [1.807, 2.05) is 24.3 Å². The van der Waals surface area contributed by atoms with Crippen molar-refractivity contribution in [3.63, 3.8) is 0 Å². The zero-order valence-electron chi connectivity index (χ0n) is 13.0. The molecule has 1 aromatic carbocycles. The van der Waals surface area contributed by atoms with Crippen molar-refractivity contribution in [2.75, 3.05) is 6.61 Å². The lowest BCUT2D eigenvalue weighted by atomic mass is 10.1. The highest BCUT2D eigenvalue weighted by molar-refractivity contribution is 5.85. The summed E-state index contributed by atoms with van der Waals surface area (Å²) in [5.41, 5.74) is 0.842. The van der Waals surface area contributed by atoms with Gasteiger partial charge in [0.05, 0.1) is 13.0 Å². The van der Waals surface area contributed by atoms with Gasteiger partial charge in [0.1, 0.15) is 11.8 Å². The maximum atomic E-state index is 12.0. The van der Waals surface area contributed by atoms with Crippen molar-refractivity contribution >= 4 is 11.9 Å². The average Bonchev–Trinajstić information content (AvgIpc) is 3.28. The van der Waals surface area contributed by atoms with Gasteiger partial charge in [-0.05, 0) is 42.4 Å². The lowest BCUT2D eigenvalue weighted by Crippen LogP contribution is -2.43. The smallest absolute Gasteiger partial charge is 0.326 e. The Morgan fingerprint density at radius 1 is 1.27 bits per heavy atom. The Bertz CT molecular complexity index is 520. The van der Waals surface area contributed by atoms with Gasteiger partial charge in [-0.15, -0.1) is 0 Å². The molecule has 1 aliphatic carbocycles. The number of amides is 1. The van der Waals surface area contributed by atoms with Gasteiger partial charge >= 0.3 is 5.97 Å². The summed E-state index contributed by atoms with van der Waals surface area (Å²) in [6.45, 7) is 4.82. The Balaban J connectivity index is 1.84. The topological polar surface area (TPSA) is 75.6 Å². The summed E-state index contributed by atoms with van der Waals surface area (Å²) in [5, 5.41) is 11.7. The van der Waals surface area contributed by atoms with Crippen LogP contribution in [-0.4, -0.2) is 29.6 Å². The molecule has 1 amide bonds. The van der Waals surface area contributed by atoms with Gasteiger partial charge in [0.25, 0.3) is 0 Å². The molecule has 120 valence electrons. The summed E-state index contributed by atoms with van der Waals surface area (Å²) < 4.78 is 5.58. The van der Waals surface area contributed by atoms with Crippen molar-refractivity contribution in [2.24, 2.45) is 11.8 Å². The van der Waals surface area contributed by atoms with Crippen molar-refractivity contribution in [1.29, 1.82) is 0 Å². The Morgan fingerprint density at radius 2 is 1.91 bits per heavy atom. The maximum Gasteiger partial charge on any atom is 0.326 e. The molecular weight excluding hydrogens is 282 g/mol. The van der Waals surface area contributed by atoms with Crippen LogP contribution in [0.5, 0.6) is 5.75 Å². The summed E-state index contributed by atoms with van der Waals surface area (Å²) in [6.07, 6.45) is 1.93. The van der Waals surface area contributed by atoms with Crippen LogP contribution >= 0.6 is 0 Å². The monoisotopic (exact) mass is 305 g/mol. The van der Waals surface area contributed by atoms with Gasteiger partial charge in [-0.3, -0.25) is 4.79 Å². The van der Waals surface area contributed by atoms with Crippen LogP contribution in [0.2, 0.25) is 0 Å². The van der Waals surface area contributed by atoms with Crippen LogP contribution in [0, 0.1) is 11.8 Å². The average molecular weight is 305 g/mol. The van der Waals surface area contributed by atoms with Crippen LogP contribution in [0.15, 0.2) is 24.3 Å². The van der Waals surface area contributed by atoms with Gasteiger partial charge in [-0.1, -0.05) is 26.0 Å². The highest BCUT2D eigenvalue weighted by Crippen LogP contribution is 2.32. The first-order valence-corrected chi connectivity index (χ1v) is 7.69. The zero-order chi connectivity index (χ0) is 16.1. The Morgan fingerprint density at radius 3 is 2.41 bits per heavy atom. The van der Waals surface area contributed by atoms with E-state index in [0.717, 1.165) is 24.2 Å². The summed E-state index contributed by atoms with van der Waals surface area (Å²) in [6, 6.07) is 6.59. The van der Waals surface area contributed by atoms with Gasteiger partial charge in [0.15, 0.2) is 0 Å². The first-order chi connectivity index (χ1) is 10.5. The van der Waals surface area contributed by atoms with E-state index in [4.69, 9.17) is 9.84 Å². The van der Waals surface area contributed by atoms with E-state index >= 15 is 0 Å². The number of carbonyl (C=O) groups excluding carboxylic acids is 1. The van der Waals surface area contributed by atoms with Gasteiger partial charge < -0.3 is 15.2 Å². The Kier molecular flexibility index (Phi) is 5.41. The van der Waals surface area contributed by atoms with E-state index < -0.39 is 12.0 Å². The third kappa shape index (κ3) is 5.06. The number of aliphatic carboxylic acids is 1. The summed E-state index contributed by atoms with van der Waals surface area (Å²) >= 11 is 0. The molecule has 1 aromatic rings. The van der Waals surface area contributed by atoms with Crippen LogP contribution in [-0.2, 0) is 16.0 Å². The van der Waals surface area contributed by atoms with E-state index in [1.165, 1.54) is 0 Å². The predicted octanol–water partition coefficient (Wildman–Crippen LogP) is 2.24. The van der Waals surface area contributed by atoms with Gasteiger partial charge in [0, 0.05) is 0 Å². The molecule has 22 heavy (non-hydrogen) atoms. The number of carboxylic acid groups (broad SMARTS) is 1. The Hall–Kier alpha value is -2.04. The standard InChI is InChI=1S/C17H23NO4/c1-11(2)10-22-14-7-3-12(4-8-14)9-15(19)18-16(17(20)21)13-5-6-13/h3-4,7-8,11,13,16H,5-6,9-10H2,1-2H3,(H,18,19)(H,20,21). The minimum absolute atomic E-state index is 0.0910. The number of ether oxygens (including phenoxy) is 1. The van der Waals surface area contributed by atoms with Crippen molar-refractivity contribution in [1.82, 2.24) is 5.32 Å². The molecule has 0 radical (unpaired) electrons. The first-order valence-electron chi connectivity index (χ1n) is 7.69. The molecule has 5 nitrogen and oxygen atoms in total. The van der Waals surface area contributed by atoms with Crippen molar-refractivity contribution in [3.8, 4) is 5.75 Å². The van der Waals surface area contributed by atoms with Crippen molar-refractivity contribution in [2.45, 2.75) is 39.2 Å². The Labute approximate surface area is 130 Å². The molecular formula is C17H23NO4. The van der Waals surface area contributed by atoms with Crippen LogP contribution < -0.4 is 10.1 Å².